The monoisotopic (exact) mass is 266 g/mol. The molecule has 0 saturated carbocycles. The van der Waals surface area contributed by atoms with E-state index in [0.717, 1.165) is 32.0 Å². The first-order valence-corrected chi connectivity index (χ1v) is 8.50. The Morgan fingerprint density at radius 2 is 1.00 bits per heavy atom. The van der Waals surface area contributed by atoms with Gasteiger partial charge in [0.2, 0.25) is 0 Å². The van der Waals surface area contributed by atoms with Gasteiger partial charge in [0.15, 0.2) is 0 Å². The molecule has 0 aliphatic heterocycles. The number of aldehydes is 1. The van der Waals surface area contributed by atoms with Crippen LogP contribution in [-0.4, -0.2) is 6.29 Å². The van der Waals surface area contributed by atoms with Gasteiger partial charge in [-0.3, -0.25) is 0 Å². The third-order valence-corrected chi connectivity index (χ3v) is 3.58. The number of carbonyl (C=O) groups is 1. The maximum Gasteiger partial charge on any atom is 0.119 e. The maximum absolute atomic E-state index is 10.1. The van der Waals surface area contributed by atoms with Crippen molar-refractivity contribution in [1.29, 1.82) is 0 Å². The minimum atomic E-state index is 0.728. The number of hydrogen-bond donors (Lipinski definition) is 0. The van der Waals surface area contributed by atoms with E-state index in [1.165, 1.54) is 64.2 Å². The Kier molecular flexibility index (Phi) is 16.9. The van der Waals surface area contributed by atoms with E-state index in [0.29, 0.717) is 0 Å². The van der Waals surface area contributed by atoms with Crippen LogP contribution in [0.2, 0.25) is 0 Å². The van der Waals surface area contributed by atoms with Gasteiger partial charge in [-0.1, -0.05) is 70.4 Å². The Labute approximate surface area is 120 Å². The predicted molar refractivity (Wildman–Crippen MR) is 85.5 cm³/mol. The molecule has 1 heteroatoms. The average Bonchev–Trinajstić information content (AvgIpc) is 2.43. The summed E-state index contributed by atoms with van der Waals surface area (Å²) in [7, 11) is 0. The Hall–Kier alpha value is -0.590. The lowest BCUT2D eigenvalue weighted by molar-refractivity contribution is -0.107. The molecule has 19 heavy (non-hydrogen) atoms. The van der Waals surface area contributed by atoms with Crippen LogP contribution >= 0.6 is 0 Å². The van der Waals surface area contributed by atoms with E-state index in [4.69, 9.17) is 0 Å². The molecule has 0 aromatic heterocycles. The highest BCUT2D eigenvalue weighted by Crippen LogP contribution is 2.10. The fourth-order valence-electron chi connectivity index (χ4n) is 2.30. The SMILES string of the molecule is CCCCCCCCCCC/C=C\CCCCC=O. The van der Waals surface area contributed by atoms with Gasteiger partial charge in [-0.05, 0) is 32.1 Å². The van der Waals surface area contributed by atoms with Gasteiger partial charge in [-0.2, -0.15) is 0 Å². The quantitative estimate of drug-likeness (QED) is 0.195. The van der Waals surface area contributed by atoms with Gasteiger partial charge in [-0.25, -0.2) is 0 Å². The van der Waals surface area contributed by atoms with Gasteiger partial charge in [-0.15, -0.1) is 0 Å². The molecule has 0 aliphatic rings. The summed E-state index contributed by atoms with van der Waals surface area (Å²) in [5.41, 5.74) is 0. The van der Waals surface area contributed by atoms with Gasteiger partial charge in [0.05, 0.1) is 0 Å². The number of carbonyl (C=O) groups excluding carboxylic acids is 1. The molecule has 0 amide bonds. The molecule has 0 radical (unpaired) electrons. The van der Waals surface area contributed by atoms with E-state index in [2.05, 4.69) is 19.1 Å². The average molecular weight is 266 g/mol. The summed E-state index contributed by atoms with van der Waals surface area (Å²) in [4.78, 5) is 10.1. The Balaban J connectivity index is 3.01. The van der Waals surface area contributed by atoms with Crippen LogP contribution in [0.25, 0.3) is 0 Å². The van der Waals surface area contributed by atoms with Crippen LogP contribution < -0.4 is 0 Å². The fourth-order valence-corrected chi connectivity index (χ4v) is 2.30. The molecule has 0 aromatic carbocycles. The molecule has 0 fully saturated rings. The smallest absolute Gasteiger partial charge is 0.119 e. The Morgan fingerprint density at radius 1 is 0.579 bits per heavy atom. The highest BCUT2D eigenvalue weighted by molar-refractivity contribution is 5.48. The van der Waals surface area contributed by atoms with Crippen molar-refractivity contribution < 1.29 is 4.79 Å². The molecule has 0 spiro atoms. The van der Waals surface area contributed by atoms with Gasteiger partial charge >= 0.3 is 0 Å². The third-order valence-electron chi connectivity index (χ3n) is 3.58. The summed E-state index contributed by atoms with van der Waals surface area (Å²) < 4.78 is 0. The number of unbranched alkanes of at least 4 members (excludes halogenated alkanes) is 12. The molecular formula is C18H34O. The van der Waals surface area contributed by atoms with E-state index in [-0.39, 0.29) is 0 Å². The van der Waals surface area contributed by atoms with Crippen LogP contribution in [-0.2, 0) is 4.79 Å². The highest BCUT2D eigenvalue weighted by Gasteiger charge is 1.91. The first kappa shape index (κ1) is 18.4. The molecule has 0 unspecified atom stereocenters. The molecule has 1 nitrogen and oxygen atoms in total. The second kappa shape index (κ2) is 17.4. The minimum Gasteiger partial charge on any atom is -0.303 e. The molecular weight excluding hydrogens is 232 g/mol. The second-order valence-corrected chi connectivity index (χ2v) is 5.54. The van der Waals surface area contributed by atoms with E-state index < -0.39 is 0 Å². The van der Waals surface area contributed by atoms with Crippen molar-refractivity contribution in [3.63, 3.8) is 0 Å². The van der Waals surface area contributed by atoms with Crippen LogP contribution in [0.3, 0.4) is 0 Å². The normalized spacial score (nSPS) is 11.2. The number of allylic oxidation sites excluding steroid dienone is 2. The van der Waals surface area contributed by atoms with Crippen molar-refractivity contribution in [2.45, 2.75) is 96.8 Å². The summed E-state index contributed by atoms with van der Waals surface area (Å²) >= 11 is 0. The zero-order chi connectivity index (χ0) is 14.0. The largest absolute Gasteiger partial charge is 0.303 e. The van der Waals surface area contributed by atoms with Gasteiger partial charge in [0.25, 0.3) is 0 Å². The lowest BCUT2D eigenvalue weighted by Crippen LogP contribution is -1.81. The molecule has 0 atom stereocenters. The Bertz CT molecular complexity index is 196. The topological polar surface area (TPSA) is 17.1 Å². The lowest BCUT2D eigenvalue weighted by Gasteiger charge is -2.00. The summed E-state index contributed by atoms with van der Waals surface area (Å²) in [5, 5.41) is 0. The maximum atomic E-state index is 10.1. The first-order valence-electron chi connectivity index (χ1n) is 8.50. The molecule has 0 saturated heterocycles. The standard InChI is InChI=1S/C18H34O/c1-2-3-4-5-6-7-8-9-10-11-12-13-14-15-16-17-18-19/h12-13,18H,2-11,14-17H2,1H3/b13-12-. The van der Waals surface area contributed by atoms with Crippen molar-refractivity contribution in [1.82, 2.24) is 0 Å². The van der Waals surface area contributed by atoms with Crippen LogP contribution in [0.1, 0.15) is 96.8 Å². The molecule has 0 bridgehead atoms. The second-order valence-electron chi connectivity index (χ2n) is 5.54. The van der Waals surface area contributed by atoms with Crippen molar-refractivity contribution in [2.24, 2.45) is 0 Å². The third kappa shape index (κ3) is 17.4. The zero-order valence-electron chi connectivity index (χ0n) is 13.0. The van der Waals surface area contributed by atoms with E-state index >= 15 is 0 Å². The van der Waals surface area contributed by atoms with E-state index in [1.807, 2.05) is 0 Å². The number of rotatable bonds is 15. The van der Waals surface area contributed by atoms with Crippen LogP contribution in [0.4, 0.5) is 0 Å². The lowest BCUT2D eigenvalue weighted by atomic mass is 10.1. The summed E-state index contributed by atoms with van der Waals surface area (Å²) in [6.45, 7) is 2.27. The molecule has 112 valence electrons. The van der Waals surface area contributed by atoms with Gasteiger partial charge in [0, 0.05) is 6.42 Å². The van der Waals surface area contributed by atoms with Gasteiger partial charge < -0.3 is 4.79 Å². The summed E-state index contributed by atoms with van der Waals surface area (Å²) in [6, 6.07) is 0. The summed E-state index contributed by atoms with van der Waals surface area (Å²) in [5.74, 6) is 0. The zero-order valence-corrected chi connectivity index (χ0v) is 13.0. The fraction of sp³-hybridized carbons (Fsp3) is 0.833. The molecule has 0 N–H and O–H groups in total. The highest BCUT2D eigenvalue weighted by atomic mass is 16.1. The van der Waals surface area contributed by atoms with Crippen molar-refractivity contribution in [2.75, 3.05) is 0 Å². The minimum absolute atomic E-state index is 0.728. The van der Waals surface area contributed by atoms with Crippen LogP contribution in [0.15, 0.2) is 12.2 Å². The van der Waals surface area contributed by atoms with E-state index in [9.17, 15) is 4.79 Å². The Morgan fingerprint density at radius 3 is 1.53 bits per heavy atom. The number of hydrogen-bond acceptors (Lipinski definition) is 1. The van der Waals surface area contributed by atoms with E-state index in [1.54, 1.807) is 0 Å². The first-order chi connectivity index (χ1) is 9.41. The van der Waals surface area contributed by atoms with Crippen molar-refractivity contribution >= 4 is 6.29 Å². The van der Waals surface area contributed by atoms with Crippen molar-refractivity contribution in [3.8, 4) is 0 Å². The molecule has 0 aliphatic carbocycles. The predicted octanol–water partition coefficient (Wildman–Crippen LogP) is 6.22. The molecule has 0 heterocycles. The summed E-state index contributed by atoms with van der Waals surface area (Å²) in [6.07, 6.45) is 23.6. The molecule has 0 aromatic rings. The van der Waals surface area contributed by atoms with Gasteiger partial charge in [0.1, 0.15) is 6.29 Å². The van der Waals surface area contributed by atoms with Crippen molar-refractivity contribution in [3.05, 3.63) is 12.2 Å². The van der Waals surface area contributed by atoms with Crippen LogP contribution in [0, 0.1) is 0 Å². The molecule has 0 rings (SSSR count). The van der Waals surface area contributed by atoms with Crippen LogP contribution in [0.5, 0.6) is 0 Å².